The summed E-state index contributed by atoms with van der Waals surface area (Å²) in [5, 5.41) is 21.5. The van der Waals surface area contributed by atoms with E-state index >= 15 is 0 Å². The van der Waals surface area contributed by atoms with Gasteiger partial charge in [0.15, 0.2) is 0 Å². The molecule has 0 fully saturated rings. The van der Waals surface area contributed by atoms with Crippen molar-refractivity contribution in [3.63, 3.8) is 0 Å². The van der Waals surface area contributed by atoms with Gasteiger partial charge in [0, 0.05) is 17.1 Å². The van der Waals surface area contributed by atoms with Crippen molar-refractivity contribution in [1.29, 1.82) is 0 Å². The molecule has 138 valence electrons. The van der Waals surface area contributed by atoms with E-state index in [2.05, 4.69) is 18.1 Å². The quantitative estimate of drug-likeness (QED) is 0.697. The molecule has 0 aliphatic rings. The van der Waals surface area contributed by atoms with Crippen LogP contribution in [0.15, 0.2) is 24.4 Å². The number of fused-ring (bicyclic) bond motifs is 1. The molecule has 1 aromatic carbocycles. The molecule has 0 aliphatic heterocycles. The normalized spacial score (nSPS) is 10.3. The smallest absolute Gasteiger partial charge is 0.290 e. The SMILES string of the molecule is COc1cc(C)c2nc(-c3cn(CCO)nc3C)cc(C)c2c1.O=CO. The summed E-state index contributed by atoms with van der Waals surface area (Å²) in [5.74, 6) is 0.847. The van der Waals surface area contributed by atoms with Gasteiger partial charge in [-0.3, -0.25) is 9.48 Å². The first-order chi connectivity index (χ1) is 12.4. The van der Waals surface area contributed by atoms with E-state index in [4.69, 9.17) is 24.7 Å². The summed E-state index contributed by atoms with van der Waals surface area (Å²) in [4.78, 5) is 13.2. The molecule has 26 heavy (non-hydrogen) atoms. The Morgan fingerprint density at radius 2 is 1.88 bits per heavy atom. The minimum atomic E-state index is -0.250. The van der Waals surface area contributed by atoms with Crippen LogP contribution in [-0.4, -0.2) is 45.2 Å². The third-order valence-corrected chi connectivity index (χ3v) is 4.07. The second-order valence-corrected chi connectivity index (χ2v) is 5.89. The summed E-state index contributed by atoms with van der Waals surface area (Å²) in [5.41, 5.74) is 6.04. The van der Waals surface area contributed by atoms with E-state index in [0.717, 1.165) is 44.7 Å². The summed E-state index contributed by atoms with van der Waals surface area (Å²) < 4.78 is 7.11. The first-order valence-corrected chi connectivity index (χ1v) is 8.14. The Bertz CT molecular complexity index is 919. The van der Waals surface area contributed by atoms with E-state index in [1.54, 1.807) is 11.8 Å². The molecule has 0 spiro atoms. The number of carbonyl (C=O) groups is 1. The van der Waals surface area contributed by atoms with Gasteiger partial charge >= 0.3 is 0 Å². The number of aryl methyl sites for hydroxylation is 3. The largest absolute Gasteiger partial charge is 0.497 e. The molecule has 3 aromatic rings. The van der Waals surface area contributed by atoms with Gasteiger partial charge in [0.2, 0.25) is 0 Å². The van der Waals surface area contributed by atoms with Crippen LogP contribution in [0.2, 0.25) is 0 Å². The van der Waals surface area contributed by atoms with Gasteiger partial charge in [-0.05, 0) is 50.1 Å². The highest BCUT2D eigenvalue weighted by Crippen LogP contribution is 2.30. The lowest BCUT2D eigenvalue weighted by Crippen LogP contribution is -2.02. The van der Waals surface area contributed by atoms with Crippen LogP contribution in [0.4, 0.5) is 0 Å². The van der Waals surface area contributed by atoms with Gasteiger partial charge in [0.05, 0.1) is 37.2 Å². The molecule has 0 unspecified atom stereocenters. The van der Waals surface area contributed by atoms with Crippen molar-refractivity contribution in [3.05, 3.63) is 41.2 Å². The molecule has 2 N–H and O–H groups in total. The average molecular weight is 357 g/mol. The number of rotatable bonds is 4. The number of carboxylic acid groups (broad SMARTS) is 1. The summed E-state index contributed by atoms with van der Waals surface area (Å²) in [6, 6.07) is 6.10. The number of nitrogens with zero attached hydrogens (tertiary/aromatic N) is 3. The first kappa shape index (κ1) is 19.4. The third-order valence-electron chi connectivity index (χ3n) is 4.07. The van der Waals surface area contributed by atoms with E-state index in [0.29, 0.717) is 6.54 Å². The molecule has 0 atom stereocenters. The van der Waals surface area contributed by atoms with E-state index in [-0.39, 0.29) is 13.1 Å². The second-order valence-electron chi connectivity index (χ2n) is 5.89. The van der Waals surface area contributed by atoms with Crippen LogP contribution in [-0.2, 0) is 11.3 Å². The van der Waals surface area contributed by atoms with Gasteiger partial charge in [0.25, 0.3) is 6.47 Å². The van der Waals surface area contributed by atoms with Gasteiger partial charge in [-0.15, -0.1) is 0 Å². The molecule has 7 heteroatoms. The maximum Gasteiger partial charge on any atom is 0.290 e. The van der Waals surface area contributed by atoms with Crippen molar-refractivity contribution in [3.8, 4) is 17.0 Å². The Morgan fingerprint density at radius 3 is 2.50 bits per heavy atom. The lowest BCUT2D eigenvalue weighted by Gasteiger charge is -2.10. The van der Waals surface area contributed by atoms with E-state index in [1.165, 1.54) is 0 Å². The molecule has 7 nitrogen and oxygen atoms in total. The van der Waals surface area contributed by atoms with E-state index in [1.807, 2.05) is 32.2 Å². The Morgan fingerprint density at radius 1 is 1.19 bits per heavy atom. The highest BCUT2D eigenvalue weighted by Gasteiger charge is 2.13. The molecule has 0 radical (unpaired) electrons. The molecule has 0 amide bonds. The van der Waals surface area contributed by atoms with E-state index in [9.17, 15) is 0 Å². The van der Waals surface area contributed by atoms with E-state index < -0.39 is 0 Å². The zero-order valence-corrected chi connectivity index (χ0v) is 15.4. The maximum atomic E-state index is 9.07. The van der Waals surface area contributed by atoms with Crippen molar-refractivity contribution < 1.29 is 19.7 Å². The first-order valence-electron chi connectivity index (χ1n) is 8.14. The van der Waals surface area contributed by atoms with Gasteiger partial charge in [-0.25, -0.2) is 4.98 Å². The fraction of sp³-hybridized carbons (Fsp3) is 0.316. The number of hydrogen-bond acceptors (Lipinski definition) is 5. The standard InChI is InChI=1S/C18H21N3O2.CH2O2/c1-11-8-17(16-10-21(5-6-22)20-13(16)3)19-18-12(2)7-14(23-4)9-15(11)18;2-1-3/h7-10,22H,5-6H2,1-4H3;1H,(H,2,3). The topological polar surface area (TPSA) is 97.5 Å². The summed E-state index contributed by atoms with van der Waals surface area (Å²) in [7, 11) is 1.68. The van der Waals surface area contributed by atoms with Gasteiger partial charge in [-0.2, -0.15) is 5.10 Å². The fourth-order valence-electron chi connectivity index (χ4n) is 2.87. The van der Waals surface area contributed by atoms with Crippen molar-refractivity contribution in [1.82, 2.24) is 14.8 Å². The molecule has 0 aliphatic carbocycles. The zero-order chi connectivity index (χ0) is 19.3. The second kappa shape index (κ2) is 8.44. The molecule has 0 bridgehead atoms. The van der Waals surface area contributed by atoms with Crippen molar-refractivity contribution in [2.75, 3.05) is 13.7 Å². The van der Waals surface area contributed by atoms with Crippen LogP contribution in [0.3, 0.4) is 0 Å². The lowest BCUT2D eigenvalue weighted by atomic mass is 10.0. The van der Waals surface area contributed by atoms with Crippen molar-refractivity contribution >= 4 is 17.4 Å². The van der Waals surface area contributed by atoms with Gasteiger partial charge in [0.1, 0.15) is 5.75 Å². The van der Waals surface area contributed by atoms with Crippen LogP contribution in [0, 0.1) is 20.8 Å². The molecule has 2 heterocycles. The summed E-state index contributed by atoms with van der Waals surface area (Å²) in [6.07, 6.45) is 1.94. The van der Waals surface area contributed by atoms with Crippen LogP contribution >= 0.6 is 0 Å². The molecule has 0 saturated heterocycles. The lowest BCUT2D eigenvalue weighted by molar-refractivity contribution is -0.122. The number of benzene rings is 1. The number of ether oxygens (including phenoxy) is 1. The number of hydrogen-bond donors (Lipinski definition) is 2. The maximum absolute atomic E-state index is 9.07. The third kappa shape index (κ3) is 4.00. The molecular weight excluding hydrogens is 334 g/mol. The zero-order valence-electron chi connectivity index (χ0n) is 15.4. The molecule has 3 rings (SSSR count). The number of aromatic nitrogens is 3. The van der Waals surface area contributed by atoms with Crippen molar-refractivity contribution in [2.24, 2.45) is 0 Å². The Kier molecular flexibility index (Phi) is 6.30. The number of pyridine rings is 1. The van der Waals surface area contributed by atoms with Gasteiger partial charge < -0.3 is 14.9 Å². The van der Waals surface area contributed by atoms with Crippen LogP contribution in [0.1, 0.15) is 16.8 Å². The minimum absolute atomic E-state index is 0.0731. The molecular formula is C19H23N3O4. The van der Waals surface area contributed by atoms with Crippen LogP contribution < -0.4 is 4.74 Å². The predicted octanol–water partition coefficient (Wildman–Crippen LogP) is 2.73. The van der Waals surface area contributed by atoms with Gasteiger partial charge in [-0.1, -0.05) is 0 Å². The summed E-state index contributed by atoms with van der Waals surface area (Å²) >= 11 is 0. The highest BCUT2D eigenvalue weighted by molar-refractivity contribution is 5.88. The van der Waals surface area contributed by atoms with Crippen LogP contribution in [0.25, 0.3) is 22.2 Å². The summed E-state index contributed by atoms with van der Waals surface area (Å²) in [6.45, 7) is 6.40. The van der Waals surface area contributed by atoms with Crippen molar-refractivity contribution in [2.45, 2.75) is 27.3 Å². The molecule has 0 saturated carbocycles. The molecule has 2 aromatic heterocycles. The average Bonchev–Trinajstić information content (AvgIpc) is 2.97. The number of aliphatic hydroxyl groups excluding tert-OH is 1. The minimum Gasteiger partial charge on any atom is -0.497 e. The number of methoxy groups -OCH3 is 1. The fourth-order valence-corrected chi connectivity index (χ4v) is 2.87. The highest BCUT2D eigenvalue weighted by atomic mass is 16.5. The monoisotopic (exact) mass is 357 g/mol. The Labute approximate surface area is 151 Å². The van der Waals surface area contributed by atoms with Crippen LogP contribution in [0.5, 0.6) is 5.75 Å². The number of aliphatic hydroxyl groups is 1. The predicted molar refractivity (Wildman–Crippen MR) is 99.5 cm³/mol. The Hall–Kier alpha value is -2.93. The Balaban J connectivity index is 0.000000758.